The van der Waals surface area contributed by atoms with E-state index in [1.165, 1.54) is 12.0 Å². The van der Waals surface area contributed by atoms with E-state index in [2.05, 4.69) is 36.4 Å². The van der Waals surface area contributed by atoms with Crippen LogP contribution in [0.15, 0.2) is 36.4 Å². The van der Waals surface area contributed by atoms with Crippen LogP contribution in [0.3, 0.4) is 0 Å². The number of hydrogen-bond acceptors (Lipinski definition) is 0. The summed E-state index contributed by atoms with van der Waals surface area (Å²) in [4.78, 5) is 0. The van der Waals surface area contributed by atoms with Gasteiger partial charge in [-0.15, -0.1) is 11.6 Å². The average Bonchev–Trinajstić information content (AvgIpc) is 2.19. The van der Waals surface area contributed by atoms with Gasteiger partial charge in [-0.2, -0.15) is 0 Å². The number of unbranched alkanes of at least 4 members (excludes halogenated alkanes) is 2. The zero-order chi connectivity index (χ0) is 9.36. The van der Waals surface area contributed by atoms with Crippen LogP contribution in [0.25, 0.3) is 6.08 Å². The molecule has 0 N–H and O–H groups in total. The molecular weight excluding hydrogens is 180 g/mol. The highest BCUT2D eigenvalue weighted by Gasteiger charge is 1.84. The molecule has 1 aromatic rings. The third kappa shape index (κ3) is 4.74. The van der Waals surface area contributed by atoms with Gasteiger partial charge in [0.1, 0.15) is 0 Å². The standard InChI is InChI=1S/C12H15Cl/c13-11-7-2-1-4-8-12-9-5-3-6-10-12/h3-6,8-10H,1-2,7,11H2/b8-4-. The second kappa shape index (κ2) is 6.73. The molecule has 0 radical (unpaired) electrons. The summed E-state index contributed by atoms with van der Waals surface area (Å²) in [5.74, 6) is 0.777. The summed E-state index contributed by atoms with van der Waals surface area (Å²) in [5.41, 5.74) is 1.27. The van der Waals surface area contributed by atoms with Gasteiger partial charge in [-0.1, -0.05) is 42.5 Å². The minimum absolute atomic E-state index is 0.777. The molecule has 0 saturated heterocycles. The molecule has 70 valence electrons. The predicted molar refractivity (Wildman–Crippen MR) is 60.0 cm³/mol. The Morgan fingerprint density at radius 3 is 2.54 bits per heavy atom. The Hall–Kier alpha value is -0.750. The average molecular weight is 195 g/mol. The lowest BCUT2D eigenvalue weighted by Gasteiger charge is -1.92. The first-order valence-electron chi connectivity index (χ1n) is 4.71. The summed E-state index contributed by atoms with van der Waals surface area (Å²) in [6.45, 7) is 0. The molecule has 1 aromatic carbocycles. The molecule has 0 nitrogen and oxygen atoms in total. The largest absolute Gasteiger partial charge is 0.127 e. The molecule has 0 amide bonds. The highest BCUT2D eigenvalue weighted by Crippen LogP contribution is 2.04. The summed E-state index contributed by atoms with van der Waals surface area (Å²) in [6, 6.07) is 10.4. The third-order valence-electron chi connectivity index (χ3n) is 1.86. The van der Waals surface area contributed by atoms with Crippen LogP contribution in [0.4, 0.5) is 0 Å². The van der Waals surface area contributed by atoms with Crippen molar-refractivity contribution in [2.75, 3.05) is 5.88 Å². The van der Waals surface area contributed by atoms with E-state index < -0.39 is 0 Å². The molecule has 13 heavy (non-hydrogen) atoms. The van der Waals surface area contributed by atoms with Crippen LogP contribution < -0.4 is 0 Å². The quantitative estimate of drug-likeness (QED) is 0.489. The van der Waals surface area contributed by atoms with Crippen LogP contribution in [0.2, 0.25) is 0 Å². The second-order valence-electron chi connectivity index (χ2n) is 3.00. The van der Waals surface area contributed by atoms with Gasteiger partial charge in [0.15, 0.2) is 0 Å². The Kier molecular flexibility index (Phi) is 5.35. The molecule has 0 aliphatic carbocycles. The molecule has 0 heterocycles. The maximum absolute atomic E-state index is 5.57. The normalized spacial score (nSPS) is 10.8. The van der Waals surface area contributed by atoms with Crippen molar-refractivity contribution in [3.63, 3.8) is 0 Å². The number of allylic oxidation sites excluding steroid dienone is 1. The lowest BCUT2D eigenvalue weighted by molar-refractivity contribution is 0.822. The van der Waals surface area contributed by atoms with Gasteiger partial charge in [-0.3, -0.25) is 0 Å². The fourth-order valence-electron chi connectivity index (χ4n) is 1.14. The first-order valence-corrected chi connectivity index (χ1v) is 5.24. The molecule has 1 rings (SSSR count). The lowest BCUT2D eigenvalue weighted by atomic mass is 10.2. The summed E-state index contributed by atoms with van der Waals surface area (Å²) in [6.07, 6.45) is 7.80. The van der Waals surface area contributed by atoms with Crippen molar-refractivity contribution in [3.05, 3.63) is 42.0 Å². The van der Waals surface area contributed by atoms with Crippen LogP contribution in [0.5, 0.6) is 0 Å². The SMILES string of the molecule is ClCCCC/C=C\c1ccccc1. The van der Waals surface area contributed by atoms with Crippen LogP contribution in [0.1, 0.15) is 24.8 Å². The van der Waals surface area contributed by atoms with Crippen molar-refractivity contribution >= 4 is 17.7 Å². The third-order valence-corrected chi connectivity index (χ3v) is 2.13. The van der Waals surface area contributed by atoms with Crippen molar-refractivity contribution in [3.8, 4) is 0 Å². The van der Waals surface area contributed by atoms with Crippen molar-refractivity contribution in [1.29, 1.82) is 0 Å². The van der Waals surface area contributed by atoms with E-state index in [1.807, 2.05) is 6.07 Å². The molecular formula is C12H15Cl. The van der Waals surface area contributed by atoms with E-state index in [-0.39, 0.29) is 0 Å². The summed E-state index contributed by atoms with van der Waals surface area (Å²) < 4.78 is 0. The first-order chi connectivity index (χ1) is 6.43. The molecule has 0 aromatic heterocycles. The number of benzene rings is 1. The molecule has 0 bridgehead atoms. The van der Waals surface area contributed by atoms with Crippen molar-refractivity contribution in [2.24, 2.45) is 0 Å². The van der Waals surface area contributed by atoms with E-state index in [0.29, 0.717) is 0 Å². The fraction of sp³-hybridized carbons (Fsp3) is 0.333. The van der Waals surface area contributed by atoms with Gasteiger partial charge in [0, 0.05) is 5.88 Å². The molecule has 0 aliphatic heterocycles. The minimum atomic E-state index is 0.777. The fourth-order valence-corrected chi connectivity index (χ4v) is 1.33. The van der Waals surface area contributed by atoms with E-state index in [0.717, 1.165) is 18.7 Å². The summed E-state index contributed by atoms with van der Waals surface area (Å²) >= 11 is 5.57. The predicted octanol–water partition coefficient (Wildman–Crippen LogP) is 4.11. The minimum Gasteiger partial charge on any atom is -0.127 e. The van der Waals surface area contributed by atoms with E-state index in [1.54, 1.807) is 0 Å². The molecule has 0 aliphatic rings. The van der Waals surface area contributed by atoms with Crippen LogP contribution in [-0.4, -0.2) is 5.88 Å². The van der Waals surface area contributed by atoms with Crippen LogP contribution in [-0.2, 0) is 0 Å². The second-order valence-corrected chi connectivity index (χ2v) is 3.38. The maximum Gasteiger partial charge on any atom is 0.0223 e. The number of rotatable bonds is 5. The molecule has 0 atom stereocenters. The highest BCUT2D eigenvalue weighted by atomic mass is 35.5. The topological polar surface area (TPSA) is 0 Å². The zero-order valence-corrected chi connectivity index (χ0v) is 8.50. The van der Waals surface area contributed by atoms with Crippen molar-refractivity contribution in [1.82, 2.24) is 0 Å². The van der Waals surface area contributed by atoms with Gasteiger partial charge < -0.3 is 0 Å². The number of halogens is 1. The Bertz CT molecular complexity index is 239. The first kappa shape index (κ1) is 10.3. The Morgan fingerprint density at radius 1 is 1.08 bits per heavy atom. The van der Waals surface area contributed by atoms with E-state index in [9.17, 15) is 0 Å². The van der Waals surface area contributed by atoms with Crippen molar-refractivity contribution < 1.29 is 0 Å². The van der Waals surface area contributed by atoms with Gasteiger partial charge in [0.25, 0.3) is 0 Å². The van der Waals surface area contributed by atoms with Gasteiger partial charge in [0.05, 0.1) is 0 Å². The molecule has 0 unspecified atom stereocenters. The Balaban J connectivity index is 2.25. The van der Waals surface area contributed by atoms with Crippen LogP contribution >= 0.6 is 11.6 Å². The molecule has 1 heteroatoms. The monoisotopic (exact) mass is 194 g/mol. The smallest absolute Gasteiger partial charge is 0.0223 e. The Morgan fingerprint density at radius 2 is 1.85 bits per heavy atom. The van der Waals surface area contributed by atoms with Gasteiger partial charge >= 0.3 is 0 Å². The van der Waals surface area contributed by atoms with E-state index >= 15 is 0 Å². The lowest BCUT2D eigenvalue weighted by Crippen LogP contribution is -1.74. The van der Waals surface area contributed by atoms with Crippen molar-refractivity contribution in [2.45, 2.75) is 19.3 Å². The van der Waals surface area contributed by atoms with Gasteiger partial charge in [-0.05, 0) is 24.8 Å². The van der Waals surface area contributed by atoms with Crippen LogP contribution in [0, 0.1) is 0 Å². The molecule has 0 fully saturated rings. The van der Waals surface area contributed by atoms with E-state index in [4.69, 9.17) is 11.6 Å². The number of hydrogen-bond donors (Lipinski definition) is 0. The molecule has 0 saturated carbocycles. The van der Waals surface area contributed by atoms with Gasteiger partial charge in [0.2, 0.25) is 0 Å². The molecule has 0 spiro atoms. The summed E-state index contributed by atoms with van der Waals surface area (Å²) in [7, 11) is 0. The highest BCUT2D eigenvalue weighted by molar-refractivity contribution is 6.17. The number of alkyl halides is 1. The maximum atomic E-state index is 5.57. The Labute approximate surface area is 85.2 Å². The summed E-state index contributed by atoms with van der Waals surface area (Å²) in [5, 5.41) is 0. The zero-order valence-electron chi connectivity index (χ0n) is 7.75. The van der Waals surface area contributed by atoms with Gasteiger partial charge in [-0.25, -0.2) is 0 Å².